The number of nitrogens with two attached hydrogens (primary N) is 1. The second kappa shape index (κ2) is 5.01. The molecular formula is C14H17N3OS. The van der Waals surface area contributed by atoms with E-state index in [1.54, 1.807) is 12.1 Å². The van der Waals surface area contributed by atoms with Crippen molar-refractivity contribution in [3.8, 4) is 0 Å². The Kier molecular flexibility index (Phi) is 3.57. The Balaban J connectivity index is 2.29. The van der Waals surface area contributed by atoms with Crippen LogP contribution in [0.2, 0.25) is 0 Å². The second-order valence-electron chi connectivity index (χ2n) is 5.30. The summed E-state index contributed by atoms with van der Waals surface area (Å²) in [6, 6.07) is 9.09. The predicted molar refractivity (Wildman–Crippen MR) is 79.8 cm³/mol. The second-order valence-corrected chi connectivity index (χ2v) is 6.30. The Labute approximate surface area is 116 Å². The number of benzene rings is 1. The Bertz CT molecular complexity index is 584. The van der Waals surface area contributed by atoms with Crippen molar-refractivity contribution in [3.63, 3.8) is 0 Å². The van der Waals surface area contributed by atoms with Gasteiger partial charge in [-0.1, -0.05) is 41.7 Å². The van der Waals surface area contributed by atoms with Crippen molar-refractivity contribution in [1.82, 2.24) is 4.98 Å². The van der Waals surface area contributed by atoms with E-state index < -0.39 is 0 Å². The summed E-state index contributed by atoms with van der Waals surface area (Å²) in [7, 11) is 0. The van der Waals surface area contributed by atoms with Crippen molar-refractivity contribution in [2.24, 2.45) is 0 Å². The summed E-state index contributed by atoms with van der Waals surface area (Å²) in [5.74, 6) is 0.197. The van der Waals surface area contributed by atoms with E-state index in [1.165, 1.54) is 11.3 Å². The normalized spacial score (nSPS) is 11.3. The van der Waals surface area contributed by atoms with Gasteiger partial charge >= 0.3 is 0 Å². The van der Waals surface area contributed by atoms with E-state index in [4.69, 9.17) is 5.73 Å². The van der Waals surface area contributed by atoms with E-state index in [0.29, 0.717) is 15.6 Å². The first-order valence-corrected chi connectivity index (χ1v) is 6.83. The number of nitrogens with zero attached hydrogens (tertiary/aromatic N) is 1. The standard InChI is InChI=1S/C14H17N3OS/c1-14(2,3)17-13-16-12(15)11(19-13)10(18)9-7-5-4-6-8-9/h4-8H,15H2,1-3H3,(H,16,17). The highest BCUT2D eigenvalue weighted by atomic mass is 32.1. The molecule has 0 saturated carbocycles. The van der Waals surface area contributed by atoms with Gasteiger partial charge in [0.05, 0.1) is 0 Å². The lowest BCUT2D eigenvalue weighted by Crippen LogP contribution is -2.25. The van der Waals surface area contributed by atoms with Crippen LogP contribution in [0.5, 0.6) is 0 Å². The van der Waals surface area contributed by atoms with Gasteiger partial charge in [-0.3, -0.25) is 4.79 Å². The molecule has 0 saturated heterocycles. The van der Waals surface area contributed by atoms with E-state index in [1.807, 2.05) is 39.0 Å². The SMILES string of the molecule is CC(C)(C)Nc1nc(N)c(C(=O)c2ccccc2)s1. The zero-order chi connectivity index (χ0) is 14.0. The lowest BCUT2D eigenvalue weighted by Gasteiger charge is -2.19. The smallest absolute Gasteiger partial charge is 0.206 e. The summed E-state index contributed by atoms with van der Waals surface area (Å²) in [4.78, 5) is 17.0. The van der Waals surface area contributed by atoms with Gasteiger partial charge in [0.2, 0.25) is 5.78 Å². The zero-order valence-corrected chi connectivity index (χ0v) is 12.0. The minimum Gasteiger partial charge on any atom is -0.382 e. The van der Waals surface area contributed by atoms with Gasteiger partial charge in [-0.05, 0) is 20.8 Å². The van der Waals surface area contributed by atoms with E-state index in [-0.39, 0.29) is 17.1 Å². The molecular weight excluding hydrogens is 258 g/mol. The molecule has 3 N–H and O–H groups in total. The Morgan fingerprint density at radius 2 is 1.89 bits per heavy atom. The molecule has 0 aliphatic heterocycles. The van der Waals surface area contributed by atoms with Crippen molar-refractivity contribution in [2.45, 2.75) is 26.3 Å². The quantitative estimate of drug-likeness (QED) is 0.844. The highest BCUT2D eigenvalue weighted by Crippen LogP contribution is 2.29. The number of rotatable bonds is 3. The molecule has 1 heterocycles. The van der Waals surface area contributed by atoms with E-state index in [0.717, 1.165) is 0 Å². The lowest BCUT2D eigenvalue weighted by atomic mass is 10.1. The molecule has 0 spiro atoms. The number of ketones is 1. The van der Waals surface area contributed by atoms with Crippen LogP contribution in [0.1, 0.15) is 36.0 Å². The maximum absolute atomic E-state index is 12.3. The average molecular weight is 275 g/mol. The minimum atomic E-state index is -0.114. The third-order valence-corrected chi connectivity index (χ3v) is 3.36. The summed E-state index contributed by atoms with van der Waals surface area (Å²) in [6.45, 7) is 6.09. The molecule has 0 bridgehead atoms. The largest absolute Gasteiger partial charge is 0.382 e. The van der Waals surface area contributed by atoms with E-state index in [9.17, 15) is 4.79 Å². The molecule has 0 radical (unpaired) electrons. The lowest BCUT2D eigenvalue weighted by molar-refractivity contribution is 0.104. The number of aromatic nitrogens is 1. The van der Waals surface area contributed by atoms with Crippen molar-refractivity contribution >= 4 is 28.1 Å². The molecule has 100 valence electrons. The molecule has 0 atom stereocenters. The van der Waals surface area contributed by atoms with Crippen LogP contribution in [0.15, 0.2) is 30.3 Å². The molecule has 4 nitrogen and oxygen atoms in total. The fraction of sp³-hybridized carbons (Fsp3) is 0.286. The fourth-order valence-corrected chi connectivity index (χ4v) is 2.64. The zero-order valence-electron chi connectivity index (χ0n) is 11.2. The Morgan fingerprint density at radius 1 is 1.26 bits per heavy atom. The molecule has 1 aromatic carbocycles. The summed E-state index contributed by atoms with van der Waals surface area (Å²) < 4.78 is 0. The Hall–Kier alpha value is -1.88. The molecule has 0 amide bonds. The van der Waals surface area contributed by atoms with Crippen LogP contribution in [0.25, 0.3) is 0 Å². The summed E-state index contributed by atoms with van der Waals surface area (Å²) >= 11 is 1.29. The highest BCUT2D eigenvalue weighted by molar-refractivity contribution is 7.18. The Morgan fingerprint density at radius 3 is 2.47 bits per heavy atom. The van der Waals surface area contributed by atoms with E-state index in [2.05, 4.69) is 10.3 Å². The highest BCUT2D eigenvalue weighted by Gasteiger charge is 2.19. The molecule has 1 aromatic heterocycles. The van der Waals surface area contributed by atoms with Crippen molar-refractivity contribution < 1.29 is 4.79 Å². The van der Waals surface area contributed by atoms with Gasteiger partial charge in [0.1, 0.15) is 10.7 Å². The molecule has 2 aromatic rings. The first kappa shape index (κ1) is 13.5. The van der Waals surface area contributed by atoms with Crippen LogP contribution in [0.3, 0.4) is 0 Å². The van der Waals surface area contributed by atoms with Crippen molar-refractivity contribution in [1.29, 1.82) is 0 Å². The fourth-order valence-electron chi connectivity index (χ4n) is 1.59. The summed E-state index contributed by atoms with van der Waals surface area (Å²) in [5.41, 5.74) is 6.35. The third-order valence-electron chi connectivity index (χ3n) is 2.38. The van der Waals surface area contributed by atoms with Crippen LogP contribution < -0.4 is 11.1 Å². The molecule has 2 rings (SSSR count). The third kappa shape index (κ3) is 3.32. The maximum atomic E-state index is 12.3. The number of nitrogen functional groups attached to an aromatic ring is 1. The van der Waals surface area contributed by atoms with Crippen LogP contribution in [0.4, 0.5) is 10.9 Å². The van der Waals surface area contributed by atoms with Gasteiger partial charge in [0, 0.05) is 11.1 Å². The molecule has 0 unspecified atom stereocenters. The summed E-state index contributed by atoms with van der Waals surface area (Å²) in [6.07, 6.45) is 0. The number of nitrogens with one attached hydrogen (secondary N) is 1. The summed E-state index contributed by atoms with van der Waals surface area (Å²) in [5, 5.41) is 3.89. The van der Waals surface area contributed by atoms with Crippen LogP contribution in [-0.2, 0) is 0 Å². The van der Waals surface area contributed by atoms with Gasteiger partial charge in [-0.25, -0.2) is 4.98 Å². The number of anilines is 2. The number of carbonyl (C=O) groups is 1. The van der Waals surface area contributed by atoms with Gasteiger partial charge < -0.3 is 11.1 Å². The van der Waals surface area contributed by atoms with Crippen molar-refractivity contribution in [2.75, 3.05) is 11.1 Å². The number of hydrogen-bond acceptors (Lipinski definition) is 5. The monoisotopic (exact) mass is 275 g/mol. The average Bonchev–Trinajstić information content (AvgIpc) is 2.68. The van der Waals surface area contributed by atoms with Gasteiger partial charge in [-0.15, -0.1) is 0 Å². The van der Waals surface area contributed by atoms with Crippen molar-refractivity contribution in [3.05, 3.63) is 40.8 Å². The van der Waals surface area contributed by atoms with Gasteiger partial charge in [0.25, 0.3) is 0 Å². The maximum Gasteiger partial charge on any atom is 0.206 e. The number of thiazole rings is 1. The predicted octanol–water partition coefficient (Wildman–Crippen LogP) is 3.17. The van der Waals surface area contributed by atoms with Gasteiger partial charge in [0.15, 0.2) is 5.13 Å². The molecule has 0 fully saturated rings. The molecule has 19 heavy (non-hydrogen) atoms. The molecule has 0 aliphatic carbocycles. The number of hydrogen-bond donors (Lipinski definition) is 2. The van der Waals surface area contributed by atoms with Crippen LogP contribution in [-0.4, -0.2) is 16.3 Å². The van der Waals surface area contributed by atoms with Crippen LogP contribution >= 0.6 is 11.3 Å². The first-order chi connectivity index (χ1) is 8.87. The molecule has 0 aliphatic rings. The number of carbonyl (C=O) groups excluding carboxylic acids is 1. The first-order valence-electron chi connectivity index (χ1n) is 6.01. The minimum absolute atomic E-state index is 0.0856. The van der Waals surface area contributed by atoms with Crippen LogP contribution in [0, 0.1) is 0 Å². The van der Waals surface area contributed by atoms with Gasteiger partial charge in [-0.2, -0.15) is 0 Å². The van der Waals surface area contributed by atoms with E-state index >= 15 is 0 Å². The topological polar surface area (TPSA) is 68.0 Å². The molecule has 5 heteroatoms.